The number of aliphatic hydroxyl groups is 1. The van der Waals surface area contributed by atoms with Crippen LogP contribution in [0.4, 0.5) is 0 Å². The number of carboxylic acids is 1. The number of rotatable bonds is 48. The van der Waals surface area contributed by atoms with Gasteiger partial charge < -0.3 is 119 Å². The van der Waals surface area contributed by atoms with E-state index in [1.54, 1.807) is 54.6 Å². The predicted molar refractivity (Wildman–Crippen MR) is 378 cm³/mol. The monoisotopic (exact) mass is 1440 g/mol. The number of carboxylic acid groups (broad SMARTS) is 1. The number of nitrogens with one attached hydrogen (secondary N) is 12. The lowest BCUT2D eigenvalue weighted by molar-refractivity contribution is -0.142. The first-order valence-electron chi connectivity index (χ1n) is 33.5. The lowest BCUT2D eigenvalue weighted by atomic mass is 10.0. The number of phenolic OH excluding ortho intramolecular Hbond substituents is 1. The van der Waals surface area contributed by atoms with Crippen molar-refractivity contribution in [1.29, 1.82) is 0 Å². The van der Waals surface area contributed by atoms with E-state index in [2.05, 4.69) is 73.8 Å². The molecule has 0 aliphatic heterocycles. The Morgan fingerprint density at radius 3 is 1.24 bits per heavy atom. The van der Waals surface area contributed by atoms with Gasteiger partial charge in [-0.25, -0.2) is 4.79 Å². The maximum atomic E-state index is 14.2. The van der Waals surface area contributed by atoms with E-state index >= 15 is 0 Å². The van der Waals surface area contributed by atoms with Crippen LogP contribution < -0.4 is 104 Å². The Balaban J connectivity index is 1.74. The van der Waals surface area contributed by atoms with Crippen LogP contribution in [0.15, 0.2) is 94.9 Å². The third-order valence-electron chi connectivity index (χ3n) is 15.5. The van der Waals surface area contributed by atoms with Gasteiger partial charge in [0, 0.05) is 25.9 Å². The van der Waals surface area contributed by atoms with E-state index in [4.69, 9.17) is 40.1 Å². The average Bonchev–Trinajstić information content (AvgIpc) is 0.878. The Labute approximate surface area is 595 Å². The van der Waals surface area contributed by atoms with E-state index < -0.39 is 164 Å². The maximum absolute atomic E-state index is 14.2. The molecule has 12 amide bonds. The number of aliphatic imine (C=N–C) groups is 2. The fraction of sp³-hybridized carbons (Fsp3) is 0.500. The largest absolute Gasteiger partial charge is 0.508 e. The molecular formula is C66H101N21O16. The molecule has 3 aromatic rings. The highest BCUT2D eigenvalue weighted by atomic mass is 16.4. The molecule has 0 saturated heterocycles. The summed E-state index contributed by atoms with van der Waals surface area (Å²) >= 11 is 0. The van der Waals surface area contributed by atoms with Crippen molar-refractivity contribution in [3.05, 3.63) is 102 Å². The first kappa shape index (κ1) is 86.2. The molecular weight excluding hydrogens is 1340 g/mol. The molecule has 0 spiro atoms. The van der Waals surface area contributed by atoms with E-state index in [0.29, 0.717) is 30.4 Å². The Hall–Kier alpha value is -11.0. The molecule has 0 aromatic heterocycles. The Kier molecular flexibility index (Phi) is 39.4. The fourth-order valence-corrected chi connectivity index (χ4v) is 9.84. The van der Waals surface area contributed by atoms with Gasteiger partial charge in [0.05, 0.1) is 32.3 Å². The summed E-state index contributed by atoms with van der Waals surface area (Å²) in [6.07, 6.45) is 1.27. The van der Waals surface area contributed by atoms with E-state index in [0.717, 1.165) is 5.56 Å². The number of hydrogen-bond acceptors (Lipinski definition) is 20. The molecule has 0 heterocycles. The first-order chi connectivity index (χ1) is 49.0. The number of unbranched alkanes of at least 4 members (excludes halogenated alkanes) is 2. The van der Waals surface area contributed by atoms with E-state index in [1.807, 2.05) is 6.07 Å². The van der Waals surface area contributed by atoms with Gasteiger partial charge >= 0.3 is 5.97 Å². The second-order valence-corrected chi connectivity index (χ2v) is 24.1. The van der Waals surface area contributed by atoms with Gasteiger partial charge in [0.15, 0.2) is 11.9 Å². The van der Waals surface area contributed by atoms with Crippen molar-refractivity contribution in [3.8, 4) is 5.75 Å². The zero-order chi connectivity index (χ0) is 76.4. The Morgan fingerprint density at radius 2 is 0.757 bits per heavy atom. The van der Waals surface area contributed by atoms with Gasteiger partial charge in [0.25, 0.3) is 0 Å². The Morgan fingerprint density at radius 1 is 0.388 bits per heavy atom. The van der Waals surface area contributed by atoms with E-state index in [9.17, 15) is 77.6 Å². The molecule has 103 heavy (non-hydrogen) atoms. The molecule has 0 radical (unpaired) electrons. The number of benzene rings is 3. The van der Waals surface area contributed by atoms with E-state index in [-0.39, 0.29) is 108 Å². The van der Waals surface area contributed by atoms with Crippen molar-refractivity contribution in [2.24, 2.45) is 50.1 Å². The van der Waals surface area contributed by atoms with Gasteiger partial charge in [-0.15, -0.1) is 0 Å². The maximum Gasteiger partial charge on any atom is 0.326 e. The van der Waals surface area contributed by atoms with Crippen LogP contribution in [0.5, 0.6) is 5.75 Å². The molecule has 37 heteroatoms. The van der Waals surface area contributed by atoms with Crippen LogP contribution in [-0.4, -0.2) is 217 Å². The molecule has 0 aliphatic rings. The second-order valence-electron chi connectivity index (χ2n) is 24.1. The topological polar surface area (TPSA) is 634 Å². The van der Waals surface area contributed by atoms with Gasteiger partial charge in [-0.05, 0) is 126 Å². The summed E-state index contributed by atoms with van der Waals surface area (Å²) in [6, 6.07) is 9.15. The number of hydrogen-bond donors (Lipinski definition) is 22. The molecule has 566 valence electrons. The summed E-state index contributed by atoms with van der Waals surface area (Å²) in [5.74, 6) is -12.5. The third-order valence-corrected chi connectivity index (χ3v) is 15.5. The summed E-state index contributed by atoms with van der Waals surface area (Å²) in [5.41, 5.74) is 41.0. The normalized spacial score (nSPS) is 13.7. The number of carbonyl (C=O) groups excluding carboxylic acids is 12. The van der Waals surface area contributed by atoms with Crippen LogP contribution in [0.1, 0.15) is 94.7 Å². The first-order valence-corrected chi connectivity index (χ1v) is 33.5. The zero-order valence-electron chi connectivity index (χ0n) is 57.8. The second kappa shape index (κ2) is 47.1. The minimum absolute atomic E-state index is 0.0292. The van der Waals surface area contributed by atoms with Gasteiger partial charge in [-0.2, -0.15) is 0 Å². The number of amides is 12. The molecule has 0 aliphatic carbocycles. The average molecular weight is 1440 g/mol. The van der Waals surface area contributed by atoms with Crippen LogP contribution in [-0.2, 0) is 81.6 Å². The molecule has 0 unspecified atom stereocenters. The standard InChI is InChI=1S/C66H101N21O16/c1-38(79-53(91)36-78-58(96)49(33-42-23-25-43(89)26-24-42)86-62(100)50(32-41-17-7-4-8-18-41)81-54(92)35-76-52(90)34-77-57(95)44(69)31-40-15-5-3-6-16-40)55(93)82-46(21-13-29-74-65(70)71)59(97)84-45(19-9-11-27-67)61(99)87-51(37-88)63(101)80-39(2)56(94)83-47(22-14-30-75-66(72)73)60(98)85-48(64(102)103)20-10-12-28-68/h3-8,15-18,23-26,38-39,44-51,88-89H,9-14,19-22,27-37,67-69H2,1-2H3,(H,76,90)(H,77,95)(H,78,96)(H,79,91)(H,80,101)(H,81,92)(H,82,93)(H,83,94)(H,84,97)(H,85,98)(H,86,100)(H,87,99)(H,102,103)(H4,70,71,74)(H4,72,73,75)/t38-,39-,44-,45-,46-,47-,48-,49-,50-,51-/m0/s1. The smallest absolute Gasteiger partial charge is 0.326 e. The van der Waals surface area contributed by atoms with Crippen LogP contribution in [0.2, 0.25) is 0 Å². The van der Waals surface area contributed by atoms with Gasteiger partial charge in [-0.3, -0.25) is 67.5 Å². The predicted octanol–water partition coefficient (Wildman–Crippen LogP) is -7.06. The summed E-state index contributed by atoms with van der Waals surface area (Å²) < 4.78 is 0. The summed E-state index contributed by atoms with van der Waals surface area (Å²) in [7, 11) is 0. The lowest BCUT2D eigenvalue weighted by Gasteiger charge is -2.26. The fourth-order valence-electron chi connectivity index (χ4n) is 9.84. The SMILES string of the molecule is C[C@H](NC(=O)CNC(=O)[C@H](Cc1ccc(O)cc1)NC(=O)[C@H](Cc1ccccc1)NC(=O)CNC(=O)CNC(=O)[C@@H](N)Cc1ccccc1)C(=O)N[C@@H](CCCN=C(N)N)C(=O)N[C@@H](CCCCN)C(=O)N[C@@H](CO)C(=O)N[C@@H](C)C(=O)N[C@@H](CCCN=C(N)N)C(=O)N[C@@H](CCCCN)C(=O)O. The number of nitrogens with zero attached hydrogens (tertiary/aromatic N) is 2. The van der Waals surface area contributed by atoms with Crippen molar-refractivity contribution in [2.75, 3.05) is 52.4 Å². The molecule has 29 N–H and O–H groups in total. The number of aliphatic hydroxyl groups excluding tert-OH is 1. The highest BCUT2D eigenvalue weighted by molar-refractivity contribution is 5.99. The highest BCUT2D eigenvalue weighted by Crippen LogP contribution is 2.14. The number of aliphatic carboxylic acids is 1. The van der Waals surface area contributed by atoms with Crippen molar-refractivity contribution < 1.29 is 77.6 Å². The number of phenols is 1. The third kappa shape index (κ3) is 34.7. The Bertz CT molecular complexity index is 3330. The van der Waals surface area contributed by atoms with Gasteiger partial charge in [0.1, 0.15) is 60.1 Å². The summed E-state index contributed by atoms with van der Waals surface area (Å²) in [5, 5.41) is 59.7. The number of carbonyl (C=O) groups is 13. The molecule has 10 atom stereocenters. The summed E-state index contributed by atoms with van der Waals surface area (Å²) in [4.78, 5) is 183. The minimum Gasteiger partial charge on any atom is -0.508 e. The van der Waals surface area contributed by atoms with Gasteiger partial charge in [0.2, 0.25) is 70.9 Å². The number of guanidine groups is 2. The number of aromatic hydroxyl groups is 1. The van der Waals surface area contributed by atoms with Crippen LogP contribution in [0, 0.1) is 0 Å². The van der Waals surface area contributed by atoms with Crippen LogP contribution in [0.25, 0.3) is 0 Å². The minimum atomic E-state index is -1.74. The van der Waals surface area contributed by atoms with Crippen molar-refractivity contribution in [2.45, 2.75) is 158 Å². The van der Waals surface area contributed by atoms with Crippen molar-refractivity contribution in [1.82, 2.24) is 63.8 Å². The molecule has 0 fully saturated rings. The van der Waals surface area contributed by atoms with Crippen LogP contribution in [0.3, 0.4) is 0 Å². The molecule has 3 aromatic carbocycles. The quantitative estimate of drug-likeness (QED) is 0.0142. The van der Waals surface area contributed by atoms with Gasteiger partial charge in [-0.1, -0.05) is 72.8 Å². The van der Waals surface area contributed by atoms with Crippen LogP contribution >= 0.6 is 0 Å². The molecule has 37 nitrogen and oxygen atoms in total. The van der Waals surface area contributed by atoms with Crippen molar-refractivity contribution >= 4 is 88.8 Å². The highest BCUT2D eigenvalue weighted by Gasteiger charge is 2.34. The number of nitrogens with two attached hydrogens (primary N) is 7. The zero-order valence-corrected chi connectivity index (χ0v) is 57.8. The molecule has 0 bridgehead atoms. The summed E-state index contributed by atoms with van der Waals surface area (Å²) in [6.45, 7) is 0.0159. The lowest BCUT2D eigenvalue weighted by Crippen LogP contribution is -2.60. The molecule has 0 saturated carbocycles. The van der Waals surface area contributed by atoms with Crippen molar-refractivity contribution in [3.63, 3.8) is 0 Å². The molecule has 3 rings (SSSR count). The van der Waals surface area contributed by atoms with E-state index in [1.165, 1.54) is 38.1 Å².